The number of alkyl halides is 4. The van der Waals surface area contributed by atoms with Crippen molar-refractivity contribution >= 4 is 5.78 Å². The minimum absolute atomic E-state index is 0.0880. The number of carbonyl (C=O) groups is 1. The third kappa shape index (κ3) is 4.98. The smallest absolute Gasteiger partial charge is 0.453 e. The van der Waals surface area contributed by atoms with Gasteiger partial charge in [-0.05, 0) is 43.3 Å². The van der Waals surface area contributed by atoms with Crippen LogP contribution in [0.5, 0.6) is 11.8 Å². The number of hydrogen-bond acceptors (Lipinski definition) is 4. The van der Waals surface area contributed by atoms with Gasteiger partial charge >= 0.3 is 18.5 Å². The van der Waals surface area contributed by atoms with Gasteiger partial charge in [-0.25, -0.2) is 13.8 Å². The van der Waals surface area contributed by atoms with E-state index in [1.54, 1.807) is 0 Å². The number of hydrogen-bond donors (Lipinski definition) is 0. The van der Waals surface area contributed by atoms with E-state index in [4.69, 9.17) is 4.74 Å². The van der Waals surface area contributed by atoms with Crippen molar-refractivity contribution in [2.24, 2.45) is 0 Å². The summed E-state index contributed by atoms with van der Waals surface area (Å²) < 4.78 is 88.1. The molecule has 1 heterocycles. The molecule has 31 heavy (non-hydrogen) atoms. The van der Waals surface area contributed by atoms with E-state index < -0.39 is 41.8 Å². The highest BCUT2D eigenvalue weighted by molar-refractivity contribution is 5.99. The lowest BCUT2D eigenvalue weighted by Crippen LogP contribution is -2.33. The van der Waals surface area contributed by atoms with Crippen molar-refractivity contribution < 1.29 is 40.6 Å². The largest absolute Gasteiger partial charge is 0.461 e. The van der Waals surface area contributed by atoms with E-state index in [-0.39, 0.29) is 11.6 Å². The fraction of sp³-hybridized carbons (Fsp3) is 0.200. The van der Waals surface area contributed by atoms with Gasteiger partial charge in [0.25, 0.3) is 0 Å². The Hall–Kier alpha value is -3.50. The zero-order chi connectivity index (χ0) is 22.8. The van der Waals surface area contributed by atoms with Gasteiger partial charge in [-0.15, -0.1) is 0 Å². The van der Waals surface area contributed by atoms with E-state index in [0.29, 0.717) is 11.8 Å². The van der Waals surface area contributed by atoms with E-state index in [0.717, 1.165) is 24.3 Å². The van der Waals surface area contributed by atoms with Crippen molar-refractivity contribution in [1.82, 2.24) is 9.55 Å². The average molecular weight is 444 g/mol. The van der Waals surface area contributed by atoms with Crippen LogP contribution in [0.1, 0.15) is 17.3 Å². The normalized spacial score (nSPS) is 12.6. The van der Waals surface area contributed by atoms with Gasteiger partial charge in [0.15, 0.2) is 6.10 Å². The maximum atomic E-state index is 13.8. The van der Waals surface area contributed by atoms with Crippen molar-refractivity contribution in [3.63, 3.8) is 0 Å². The zero-order valence-corrected chi connectivity index (χ0v) is 15.7. The standard InChI is InChI=1S/C20H14F6N2O3/c1-11(17(29)15-7-2-12(21)10-16(15)22)30-19-27-8-9-28(19)13-3-5-14(6-4-13)31-20(25,26)18(23)24/h2-11,18H,1H3/t11-/m1/s1. The molecule has 0 unspecified atom stereocenters. The summed E-state index contributed by atoms with van der Waals surface area (Å²) in [5.74, 6) is -3.13. The summed E-state index contributed by atoms with van der Waals surface area (Å²) in [7, 11) is 0. The molecule has 3 rings (SSSR count). The number of ether oxygens (including phenoxy) is 2. The first-order valence-corrected chi connectivity index (χ1v) is 8.73. The van der Waals surface area contributed by atoms with Crippen molar-refractivity contribution in [2.45, 2.75) is 25.6 Å². The van der Waals surface area contributed by atoms with Gasteiger partial charge in [0.05, 0.1) is 11.3 Å². The highest BCUT2D eigenvalue weighted by Gasteiger charge is 2.43. The fourth-order valence-corrected chi connectivity index (χ4v) is 2.57. The number of carbonyl (C=O) groups excluding carboxylic acids is 1. The van der Waals surface area contributed by atoms with Crippen molar-refractivity contribution in [2.75, 3.05) is 0 Å². The first-order valence-electron chi connectivity index (χ1n) is 8.73. The van der Waals surface area contributed by atoms with E-state index in [1.165, 1.54) is 36.0 Å². The van der Waals surface area contributed by atoms with E-state index in [9.17, 15) is 31.1 Å². The van der Waals surface area contributed by atoms with Gasteiger partial charge in [-0.3, -0.25) is 9.36 Å². The summed E-state index contributed by atoms with van der Waals surface area (Å²) in [5, 5.41) is 0. The van der Waals surface area contributed by atoms with Crippen LogP contribution in [0.4, 0.5) is 26.3 Å². The van der Waals surface area contributed by atoms with Crippen LogP contribution >= 0.6 is 0 Å². The number of rotatable bonds is 8. The van der Waals surface area contributed by atoms with E-state index >= 15 is 0 Å². The van der Waals surface area contributed by atoms with Crippen LogP contribution < -0.4 is 9.47 Å². The highest BCUT2D eigenvalue weighted by Crippen LogP contribution is 2.28. The summed E-state index contributed by atoms with van der Waals surface area (Å²) in [6.07, 6.45) is -7.09. The van der Waals surface area contributed by atoms with Crippen LogP contribution in [0.3, 0.4) is 0 Å². The Morgan fingerprint density at radius 2 is 1.77 bits per heavy atom. The summed E-state index contributed by atoms with van der Waals surface area (Å²) in [4.78, 5) is 16.3. The molecule has 3 aromatic rings. The number of nitrogens with zero attached hydrogens (tertiary/aromatic N) is 2. The lowest BCUT2D eigenvalue weighted by molar-refractivity contribution is -0.253. The molecule has 2 aromatic carbocycles. The quantitative estimate of drug-likeness (QED) is 0.361. The summed E-state index contributed by atoms with van der Waals surface area (Å²) in [5.41, 5.74) is -0.0405. The lowest BCUT2D eigenvalue weighted by atomic mass is 10.1. The van der Waals surface area contributed by atoms with Crippen LogP contribution in [-0.2, 0) is 0 Å². The zero-order valence-electron chi connectivity index (χ0n) is 15.7. The van der Waals surface area contributed by atoms with E-state index in [2.05, 4.69) is 9.72 Å². The lowest BCUT2D eigenvalue weighted by Gasteiger charge is -2.17. The second kappa shape index (κ2) is 8.70. The molecule has 5 nitrogen and oxygen atoms in total. The van der Waals surface area contributed by atoms with Gasteiger partial charge in [0, 0.05) is 18.5 Å². The summed E-state index contributed by atoms with van der Waals surface area (Å²) in [6, 6.07) is 7.04. The molecule has 0 saturated carbocycles. The summed E-state index contributed by atoms with van der Waals surface area (Å²) in [6.45, 7) is 1.34. The van der Waals surface area contributed by atoms with Gasteiger partial charge in [0.1, 0.15) is 17.4 Å². The third-order valence-electron chi connectivity index (χ3n) is 4.08. The Kier molecular flexibility index (Phi) is 6.23. The maximum Gasteiger partial charge on any atom is 0.461 e. The monoisotopic (exact) mass is 444 g/mol. The number of benzene rings is 2. The molecule has 11 heteroatoms. The van der Waals surface area contributed by atoms with E-state index in [1.807, 2.05) is 0 Å². The average Bonchev–Trinajstić information content (AvgIpc) is 3.15. The molecule has 0 saturated heterocycles. The molecule has 0 aliphatic rings. The number of ketones is 1. The Balaban J connectivity index is 1.75. The SMILES string of the molecule is C[C@@H](Oc1nccn1-c1ccc(OC(F)(F)C(F)F)cc1)C(=O)c1ccc(F)cc1F. The molecule has 164 valence electrons. The van der Waals surface area contributed by atoms with Crippen LogP contribution in [-0.4, -0.2) is 34.0 Å². The van der Waals surface area contributed by atoms with Gasteiger partial charge in [-0.2, -0.15) is 17.6 Å². The minimum atomic E-state index is -4.64. The molecule has 0 fully saturated rings. The van der Waals surface area contributed by atoms with Gasteiger partial charge < -0.3 is 9.47 Å². The Bertz CT molecular complexity index is 1070. The molecule has 1 aromatic heterocycles. The van der Waals surface area contributed by atoms with Crippen molar-refractivity contribution in [3.05, 3.63) is 72.1 Å². The predicted octanol–water partition coefficient (Wildman–Crippen LogP) is 5.04. The van der Waals surface area contributed by atoms with Crippen molar-refractivity contribution in [3.8, 4) is 17.4 Å². The number of aromatic nitrogens is 2. The number of halogens is 6. The Morgan fingerprint density at radius 3 is 2.39 bits per heavy atom. The van der Waals surface area contributed by atoms with Crippen LogP contribution in [0.15, 0.2) is 54.9 Å². The van der Waals surface area contributed by atoms with Crippen LogP contribution in [0.25, 0.3) is 5.69 Å². The van der Waals surface area contributed by atoms with Crippen LogP contribution in [0.2, 0.25) is 0 Å². The highest BCUT2D eigenvalue weighted by atomic mass is 19.3. The van der Waals surface area contributed by atoms with Gasteiger partial charge in [-0.1, -0.05) is 0 Å². The minimum Gasteiger partial charge on any atom is -0.453 e. The Morgan fingerprint density at radius 1 is 1.10 bits per heavy atom. The molecule has 0 aliphatic carbocycles. The molecule has 0 spiro atoms. The molecular weight excluding hydrogens is 430 g/mol. The van der Waals surface area contributed by atoms with Gasteiger partial charge in [0.2, 0.25) is 5.78 Å². The topological polar surface area (TPSA) is 53.4 Å². The van der Waals surface area contributed by atoms with Crippen molar-refractivity contribution in [1.29, 1.82) is 0 Å². The fourth-order valence-electron chi connectivity index (χ4n) is 2.57. The summed E-state index contributed by atoms with van der Waals surface area (Å²) >= 11 is 0. The molecular formula is C20H14F6N2O3. The second-order valence-corrected chi connectivity index (χ2v) is 6.29. The number of imidazole rings is 1. The molecule has 1 atom stereocenters. The molecule has 0 bridgehead atoms. The first-order chi connectivity index (χ1) is 14.6. The molecule has 0 aliphatic heterocycles. The molecule has 0 amide bonds. The third-order valence-corrected chi connectivity index (χ3v) is 4.08. The molecule has 0 N–H and O–H groups in total. The van der Waals surface area contributed by atoms with Crippen LogP contribution in [0, 0.1) is 11.6 Å². The number of Topliss-reactive ketones (excluding diaryl/α,β-unsaturated/α-hetero) is 1. The second-order valence-electron chi connectivity index (χ2n) is 6.29. The predicted molar refractivity (Wildman–Crippen MR) is 95.9 cm³/mol. The molecule has 0 radical (unpaired) electrons. The maximum absolute atomic E-state index is 13.8. The Labute approximate surface area is 171 Å². The first kappa shape index (κ1) is 22.2.